The second-order valence-corrected chi connectivity index (χ2v) is 3.73. The van der Waals surface area contributed by atoms with E-state index in [0.717, 1.165) is 6.21 Å². The molecule has 90 valence electrons. The second-order valence-electron chi connectivity index (χ2n) is 3.73. The average molecular weight is 233 g/mol. The number of hydrogen-bond acceptors (Lipinski definition) is 4. The predicted octanol–water partition coefficient (Wildman–Crippen LogP) is 2.67. The molecular weight excluding hydrogens is 218 g/mol. The third-order valence-corrected chi connectivity index (χ3v) is 2.06. The van der Waals surface area contributed by atoms with Crippen LogP contribution in [0.25, 0.3) is 0 Å². The number of ether oxygens (including phenoxy) is 1. The molecule has 0 saturated carbocycles. The van der Waals surface area contributed by atoms with Crippen LogP contribution < -0.4 is 4.74 Å². The van der Waals surface area contributed by atoms with Crippen molar-refractivity contribution < 1.29 is 14.7 Å². The van der Waals surface area contributed by atoms with Crippen LogP contribution in [0.4, 0.5) is 0 Å². The summed E-state index contributed by atoms with van der Waals surface area (Å²) in [6.07, 6.45) is 2.83. The number of benzene rings is 1. The number of Topliss-reactive ketones (excluding diaryl/α,β-unsaturated/α-hetero) is 1. The lowest BCUT2D eigenvalue weighted by molar-refractivity contribution is 0.106. The number of oxime groups is 1. The number of rotatable bonds is 5. The molecule has 0 radical (unpaired) electrons. The average Bonchev–Trinajstić information content (AvgIpc) is 2.30. The minimum absolute atomic E-state index is 0.344. The van der Waals surface area contributed by atoms with Crippen LogP contribution >= 0.6 is 0 Å². The van der Waals surface area contributed by atoms with Crippen molar-refractivity contribution in [2.24, 2.45) is 5.16 Å². The van der Waals surface area contributed by atoms with E-state index in [9.17, 15) is 4.79 Å². The molecule has 0 aromatic heterocycles. The van der Waals surface area contributed by atoms with Crippen molar-refractivity contribution in [3.05, 3.63) is 41.5 Å². The fourth-order valence-electron chi connectivity index (χ4n) is 1.15. The summed E-state index contributed by atoms with van der Waals surface area (Å²) < 4.78 is 5.44. The van der Waals surface area contributed by atoms with E-state index >= 15 is 0 Å². The molecule has 1 rings (SSSR count). The predicted molar refractivity (Wildman–Crippen MR) is 66.0 cm³/mol. The molecule has 0 fully saturated rings. The molecule has 1 N–H and O–H groups in total. The van der Waals surface area contributed by atoms with E-state index in [-0.39, 0.29) is 5.78 Å². The molecule has 4 nitrogen and oxygen atoms in total. The summed E-state index contributed by atoms with van der Waals surface area (Å²) in [5.41, 5.74) is 1.65. The molecule has 0 heterocycles. The maximum absolute atomic E-state index is 11.3. The first-order valence-corrected chi connectivity index (χ1v) is 5.21. The van der Waals surface area contributed by atoms with Crippen LogP contribution in [0.5, 0.6) is 5.75 Å². The summed E-state index contributed by atoms with van der Waals surface area (Å²) >= 11 is 0. The molecule has 4 heteroatoms. The van der Waals surface area contributed by atoms with E-state index in [1.807, 2.05) is 19.9 Å². The first kappa shape index (κ1) is 13.0. The minimum Gasteiger partial charge on any atom is -0.490 e. The van der Waals surface area contributed by atoms with Gasteiger partial charge in [0, 0.05) is 5.56 Å². The van der Waals surface area contributed by atoms with Crippen molar-refractivity contribution in [1.82, 2.24) is 0 Å². The van der Waals surface area contributed by atoms with Crippen LogP contribution in [0, 0.1) is 0 Å². The van der Waals surface area contributed by atoms with Crippen molar-refractivity contribution in [1.29, 1.82) is 0 Å². The van der Waals surface area contributed by atoms with Crippen molar-refractivity contribution >= 4 is 12.0 Å². The molecule has 1 aromatic rings. The number of ketones is 1. The van der Waals surface area contributed by atoms with Gasteiger partial charge >= 0.3 is 0 Å². The summed E-state index contributed by atoms with van der Waals surface area (Å²) in [5.74, 6) is 0.350. The molecule has 17 heavy (non-hydrogen) atoms. The van der Waals surface area contributed by atoms with E-state index in [4.69, 9.17) is 9.94 Å². The van der Waals surface area contributed by atoms with Crippen LogP contribution in [-0.2, 0) is 0 Å². The Balaban J connectivity index is 2.62. The Kier molecular flexibility index (Phi) is 4.94. The summed E-state index contributed by atoms with van der Waals surface area (Å²) in [7, 11) is 0. The van der Waals surface area contributed by atoms with Crippen LogP contribution in [0.3, 0.4) is 0 Å². The third kappa shape index (κ3) is 4.51. The van der Waals surface area contributed by atoms with Crippen molar-refractivity contribution in [3.63, 3.8) is 0 Å². The summed E-state index contributed by atoms with van der Waals surface area (Å²) in [6.45, 7) is 4.51. The lowest BCUT2D eigenvalue weighted by Gasteiger charge is -2.03. The van der Waals surface area contributed by atoms with E-state index in [1.54, 1.807) is 24.3 Å². The number of nitrogens with zero attached hydrogens (tertiary/aromatic N) is 1. The van der Waals surface area contributed by atoms with Crippen LogP contribution in [0.1, 0.15) is 24.2 Å². The third-order valence-electron chi connectivity index (χ3n) is 2.06. The molecule has 0 aliphatic heterocycles. The van der Waals surface area contributed by atoms with Gasteiger partial charge in [-0.15, -0.1) is 0 Å². The molecule has 0 aliphatic rings. The zero-order valence-electron chi connectivity index (χ0n) is 9.88. The zero-order valence-corrected chi connectivity index (χ0v) is 9.88. The van der Waals surface area contributed by atoms with E-state index in [0.29, 0.717) is 17.9 Å². The highest BCUT2D eigenvalue weighted by molar-refractivity contribution is 6.35. The Labute approximate surface area is 100 Å². The van der Waals surface area contributed by atoms with E-state index in [2.05, 4.69) is 5.16 Å². The van der Waals surface area contributed by atoms with Gasteiger partial charge in [-0.1, -0.05) is 10.7 Å². The van der Waals surface area contributed by atoms with Gasteiger partial charge in [0.15, 0.2) is 0 Å². The Morgan fingerprint density at radius 1 is 1.35 bits per heavy atom. The van der Waals surface area contributed by atoms with Gasteiger partial charge in [-0.25, -0.2) is 0 Å². The molecule has 0 aliphatic carbocycles. The first-order valence-electron chi connectivity index (χ1n) is 5.21. The highest BCUT2D eigenvalue weighted by Gasteiger charge is 2.02. The van der Waals surface area contributed by atoms with Gasteiger partial charge in [0.25, 0.3) is 0 Å². The standard InChI is InChI=1S/C13H15NO3/c1-10(2)7-8-17-12-5-3-11(4-6-12)13(15)9-14-16/h3-7,9,16H,8H2,1-2H3. The van der Waals surface area contributed by atoms with Gasteiger partial charge in [0.2, 0.25) is 5.78 Å². The van der Waals surface area contributed by atoms with Gasteiger partial charge in [-0.2, -0.15) is 0 Å². The Bertz CT molecular complexity index is 428. The highest BCUT2D eigenvalue weighted by Crippen LogP contribution is 2.12. The van der Waals surface area contributed by atoms with Crippen LogP contribution in [-0.4, -0.2) is 23.8 Å². The summed E-state index contributed by atoms with van der Waals surface area (Å²) in [6, 6.07) is 6.66. The molecule has 0 bridgehead atoms. The van der Waals surface area contributed by atoms with Gasteiger partial charge in [0.1, 0.15) is 18.6 Å². The fourth-order valence-corrected chi connectivity index (χ4v) is 1.15. The SMILES string of the molecule is CC(C)=CCOc1ccc(C(=O)C=NO)cc1. The van der Waals surface area contributed by atoms with E-state index < -0.39 is 0 Å². The number of hydrogen-bond donors (Lipinski definition) is 1. The van der Waals surface area contributed by atoms with Gasteiger partial charge in [0.05, 0.1) is 0 Å². The van der Waals surface area contributed by atoms with Gasteiger partial charge in [-0.05, 0) is 44.2 Å². The maximum Gasteiger partial charge on any atom is 0.207 e. The lowest BCUT2D eigenvalue weighted by Crippen LogP contribution is -2.00. The smallest absolute Gasteiger partial charge is 0.207 e. The van der Waals surface area contributed by atoms with Crippen molar-refractivity contribution in [2.75, 3.05) is 6.61 Å². The van der Waals surface area contributed by atoms with Crippen LogP contribution in [0.2, 0.25) is 0 Å². The Morgan fingerprint density at radius 3 is 2.53 bits per heavy atom. The normalized spacial score (nSPS) is 10.2. The van der Waals surface area contributed by atoms with Gasteiger partial charge in [-0.3, -0.25) is 4.79 Å². The summed E-state index contributed by atoms with van der Waals surface area (Å²) in [5, 5.41) is 10.9. The first-order chi connectivity index (χ1) is 8.13. The number of allylic oxidation sites excluding steroid dienone is 1. The molecule has 0 saturated heterocycles. The molecule has 1 aromatic carbocycles. The lowest BCUT2D eigenvalue weighted by atomic mass is 10.1. The largest absolute Gasteiger partial charge is 0.490 e. The van der Waals surface area contributed by atoms with Crippen molar-refractivity contribution in [2.45, 2.75) is 13.8 Å². The summed E-state index contributed by atoms with van der Waals surface area (Å²) in [4.78, 5) is 11.3. The molecule has 0 spiro atoms. The van der Waals surface area contributed by atoms with Gasteiger partial charge < -0.3 is 9.94 Å². The molecule has 0 atom stereocenters. The maximum atomic E-state index is 11.3. The van der Waals surface area contributed by atoms with Crippen LogP contribution in [0.15, 0.2) is 41.1 Å². The minimum atomic E-state index is -0.344. The molecular formula is C13H15NO3. The van der Waals surface area contributed by atoms with Crippen molar-refractivity contribution in [3.8, 4) is 5.75 Å². The molecule has 0 unspecified atom stereocenters. The molecule has 0 amide bonds. The monoisotopic (exact) mass is 233 g/mol. The zero-order chi connectivity index (χ0) is 12.7. The fraction of sp³-hybridized carbons (Fsp3) is 0.231. The highest BCUT2D eigenvalue weighted by atomic mass is 16.5. The topological polar surface area (TPSA) is 58.9 Å². The van der Waals surface area contributed by atoms with E-state index in [1.165, 1.54) is 5.57 Å². The Hall–Kier alpha value is -2.10. The number of carbonyl (C=O) groups is 1. The Morgan fingerprint density at radius 2 is 2.00 bits per heavy atom. The number of carbonyl (C=O) groups excluding carboxylic acids is 1. The second kappa shape index (κ2) is 6.48. The quantitative estimate of drug-likeness (QED) is 0.279.